The van der Waals surface area contributed by atoms with E-state index >= 15 is 0 Å². The Bertz CT molecular complexity index is 253. The zero-order valence-electron chi connectivity index (χ0n) is 12.5. The van der Waals surface area contributed by atoms with Crippen molar-refractivity contribution < 1.29 is 0 Å². The lowest BCUT2D eigenvalue weighted by atomic mass is 9.74. The van der Waals surface area contributed by atoms with Crippen LogP contribution in [0.25, 0.3) is 0 Å². The fourth-order valence-corrected chi connectivity index (χ4v) is 4.21. The molecule has 2 nitrogen and oxygen atoms in total. The first-order valence-electron chi connectivity index (χ1n) is 8.09. The Morgan fingerprint density at radius 1 is 1.17 bits per heavy atom. The van der Waals surface area contributed by atoms with Crippen molar-refractivity contribution >= 4 is 0 Å². The van der Waals surface area contributed by atoms with Crippen LogP contribution >= 0.6 is 0 Å². The summed E-state index contributed by atoms with van der Waals surface area (Å²) in [6.07, 6.45) is 9.91. The molecule has 1 aliphatic carbocycles. The van der Waals surface area contributed by atoms with Gasteiger partial charge in [-0.15, -0.1) is 0 Å². The SMILES string of the molecule is CCCC(C)(CN)CN1CCC2CCCCC2C1. The van der Waals surface area contributed by atoms with Gasteiger partial charge in [0.25, 0.3) is 0 Å². The quantitative estimate of drug-likeness (QED) is 0.814. The van der Waals surface area contributed by atoms with Crippen LogP contribution < -0.4 is 5.73 Å². The smallest absolute Gasteiger partial charge is 0.00475 e. The summed E-state index contributed by atoms with van der Waals surface area (Å²) in [5.41, 5.74) is 6.36. The second-order valence-electron chi connectivity index (χ2n) is 7.09. The fourth-order valence-electron chi connectivity index (χ4n) is 4.21. The number of hydrogen-bond acceptors (Lipinski definition) is 2. The predicted molar refractivity (Wildman–Crippen MR) is 78.6 cm³/mol. The first-order chi connectivity index (χ1) is 8.67. The van der Waals surface area contributed by atoms with Gasteiger partial charge >= 0.3 is 0 Å². The highest BCUT2D eigenvalue weighted by Crippen LogP contribution is 2.37. The largest absolute Gasteiger partial charge is 0.330 e. The summed E-state index contributed by atoms with van der Waals surface area (Å²) in [4.78, 5) is 2.72. The lowest BCUT2D eigenvalue weighted by Crippen LogP contribution is -2.47. The van der Waals surface area contributed by atoms with Crippen molar-refractivity contribution in [2.45, 2.75) is 58.8 Å². The summed E-state index contributed by atoms with van der Waals surface area (Å²) >= 11 is 0. The number of nitrogens with zero attached hydrogens (tertiary/aromatic N) is 1. The van der Waals surface area contributed by atoms with Crippen LogP contribution in [0.4, 0.5) is 0 Å². The third-order valence-corrected chi connectivity index (χ3v) is 5.33. The number of likely N-dealkylation sites (tertiary alicyclic amines) is 1. The van der Waals surface area contributed by atoms with Gasteiger partial charge in [-0.2, -0.15) is 0 Å². The molecule has 0 bridgehead atoms. The van der Waals surface area contributed by atoms with Crippen molar-refractivity contribution in [3.8, 4) is 0 Å². The predicted octanol–water partition coefficient (Wildman–Crippen LogP) is 3.26. The normalized spacial score (nSPS) is 32.8. The molecule has 106 valence electrons. The Balaban J connectivity index is 1.86. The van der Waals surface area contributed by atoms with Crippen molar-refractivity contribution in [3.05, 3.63) is 0 Å². The fraction of sp³-hybridized carbons (Fsp3) is 1.00. The standard InChI is InChI=1S/C16H32N2/c1-3-9-16(2,12-17)13-18-10-8-14-6-4-5-7-15(14)11-18/h14-15H,3-13,17H2,1-2H3. The van der Waals surface area contributed by atoms with Crippen LogP contribution in [-0.4, -0.2) is 31.1 Å². The van der Waals surface area contributed by atoms with E-state index in [-0.39, 0.29) is 0 Å². The van der Waals surface area contributed by atoms with Crippen LogP contribution in [0.3, 0.4) is 0 Å². The van der Waals surface area contributed by atoms with Gasteiger partial charge < -0.3 is 10.6 Å². The highest BCUT2D eigenvalue weighted by Gasteiger charge is 2.33. The van der Waals surface area contributed by atoms with E-state index in [1.807, 2.05) is 0 Å². The van der Waals surface area contributed by atoms with Crippen LogP contribution in [0.2, 0.25) is 0 Å². The average Bonchev–Trinajstić information content (AvgIpc) is 2.39. The molecule has 0 radical (unpaired) electrons. The lowest BCUT2D eigenvalue weighted by molar-refractivity contribution is 0.0554. The minimum absolute atomic E-state index is 0.344. The first-order valence-corrected chi connectivity index (χ1v) is 8.09. The minimum Gasteiger partial charge on any atom is -0.330 e. The van der Waals surface area contributed by atoms with E-state index in [1.54, 1.807) is 0 Å². The summed E-state index contributed by atoms with van der Waals surface area (Å²) in [6.45, 7) is 9.39. The second-order valence-corrected chi connectivity index (χ2v) is 7.09. The molecule has 2 heteroatoms. The van der Waals surface area contributed by atoms with E-state index in [4.69, 9.17) is 5.73 Å². The van der Waals surface area contributed by atoms with Crippen molar-refractivity contribution in [2.24, 2.45) is 23.0 Å². The summed E-state index contributed by atoms with van der Waals surface area (Å²) in [5.74, 6) is 2.04. The number of hydrogen-bond donors (Lipinski definition) is 1. The lowest BCUT2D eigenvalue weighted by Gasteiger charge is -2.44. The van der Waals surface area contributed by atoms with E-state index in [2.05, 4.69) is 18.7 Å². The molecule has 2 rings (SSSR count). The number of nitrogens with two attached hydrogens (primary N) is 1. The maximum Gasteiger partial charge on any atom is 0.00475 e. The summed E-state index contributed by atoms with van der Waals surface area (Å²) < 4.78 is 0. The average molecular weight is 252 g/mol. The van der Waals surface area contributed by atoms with Crippen LogP contribution in [0.5, 0.6) is 0 Å². The van der Waals surface area contributed by atoms with E-state index in [0.717, 1.165) is 18.4 Å². The Morgan fingerprint density at radius 3 is 2.56 bits per heavy atom. The van der Waals surface area contributed by atoms with Gasteiger partial charge in [0.15, 0.2) is 0 Å². The molecular weight excluding hydrogens is 220 g/mol. The Hall–Kier alpha value is -0.0800. The van der Waals surface area contributed by atoms with Gasteiger partial charge in [0, 0.05) is 13.1 Å². The van der Waals surface area contributed by atoms with Gasteiger partial charge in [-0.3, -0.25) is 0 Å². The van der Waals surface area contributed by atoms with E-state index in [0.29, 0.717) is 5.41 Å². The van der Waals surface area contributed by atoms with Gasteiger partial charge in [-0.05, 0) is 49.6 Å². The van der Waals surface area contributed by atoms with Crippen molar-refractivity contribution in [1.82, 2.24) is 4.90 Å². The molecule has 2 N–H and O–H groups in total. The third-order valence-electron chi connectivity index (χ3n) is 5.33. The topological polar surface area (TPSA) is 29.3 Å². The van der Waals surface area contributed by atoms with Gasteiger partial charge in [-0.25, -0.2) is 0 Å². The molecule has 0 aromatic rings. The first kappa shape index (κ1) is 14.3. The zero-order chi connectivity index (χ0) is 13.0. The molecule has 0 aromatic heterocycles. The molecule has 1 saturated heterocycles. The van der Waals surface area contributed by atoms with E-state index in [9.17, 15) is 0 Å². The highest BCUT2D eigenvalue weighted by molar-refractivity contribution is 4.87. The third kappa shape index (κ3) is 3.48. The molecule has 1 heterocycles. The van der Waals surface area contributed by atoms with Gasteiger partial charge in [0.05, 0.1) is 0 Å². The minimum atomic E-state index is 0.344. The molecule has 1 saturated carbocycles. The molecule has 3 atom stereocenters. The van der Waals surface area contributed by atoms with Crippen molar-refractivity contribution in [3.63, 3.8) is 0 Å². The molecule has 0 amide bonds. The monoisotopic (exact) mass is 252 g/mol. The second kappa shape index (κ2) is 6.38. The van der Waals surface area contributed by atoms with Crippen LogP contribution in [0.15, 0.2) is 0 Å². The molecule has 0 spiro atoms. The van der Waals surface area contributed by atoms with Crippen molar-refractivity contribution in [2.75, 3.05) is 26.2 Å². The van der Waals surface area contributed by atoms with Crippen LogP contribution in [-0.2, 0) is 0 Å². The van der Waals surface area contributed by atoms with Gasteiger partial charge in [0.1, 0.15) is 0 Å². The molecule has 2 fully saturated rings. The molecule has 0 aromatic carbocycles. The van der Waals surface area contributed by atoms with Gasteiger partial charge in [0.2, 0.25) is 0 Å². The summed E-state index contributed by atoms with van der Waals surface area (Å²) in [5, 5.41) is 0. The summed E-state index contributed by atoms with van der Waals surface area (Å²) in [6, 6.07) is 0. The molecule has 3 unspecified atom stereocenters. The van der Waals surface area contributed by atoms with E-state index in [1.165, 1.54) is 64.6 Å². The highest BCUT2D eigenvalue weighted by atomic mass is 15.1. The van der Waals surface area contributed by atoms with E-state index < -0.39 is 0 Å². The van der Waals surface area contributed by atoms with Crippen LogP contribution in [0, 0.1) is 17.3 Å². The molecular formula is C16H32N2. The van der Waals surface area contributed by atoms with Gasteiger partial charge in [-0.1, -0.05) is 39.5 Å². The van der Waals surface area contributed by atoms with Crippen molar-refractivity contribution in [1.29, 1.82) is 0 Å². The Morgan fingerprint density at radius 2 is 1.89 bits per heavy atom. The molecule has 2 aliphatic rings. The Labute approximate surface area is 113 Å². The molecule has 18 heavy (non-hydrogen) atoms. The number of piperidine rings is 1. The zero-order valence-corrected chi connectivity index (χ0v) is 12.5. The molecule has 1 aliphatic heterocycles. The summed E-state index contributed by atoms with van der Waals surface area (Å²) in [7, 11) is 0. The maximum absolute atomic E-state index is 6.02. The number of fused-ring (bicyclic) bond motifs is 1. The Kier molecular flexibility index (Phi) is 5.08. The van der Waals surface area contributed by atoms with Crippen LogP contribution in [0.1, 0.15) is 58.8 Å². The number of rotatable bonds is 5. The maximum atomic E-state index is 6.02.